The summed E-state index contributed by atoms with van der Waals surface area (Å²) >= 11 is 0. The van der Waals surface area contributed by atoms with Gasteiger partial charge < -0.3 is 10.2 Å². The number of hydrogen-bond acceptors (Lipinski definition) is 2. The lowest BCUT2D eigenvalue weighted by molar-refractivity contribution is -0.132. The van der Waals surface area contributed by atoms with Crippen molar-refractivity contribution in [2.75, 3.05) is 18.0 Å². The molecule has 0 aliphatic carbocycles. The topological polar surface area (TPSA) is 49.4 Å². The molecule has 3 rings (SSSR count). The smallest absolute Gasteiger partial charge is 0.239 e. The lowest BCUT2D eigenvalue weighted by Gasteiger charge is -2.17. The molecule has 1 fully saturated rings. The second-order valence-electron chi connectivity index (χ2n) is 8.11. The number of nitrogens with zero attached hydrogens (tertiary/aromatic N) is 1. The maximum absolute atomic E-state index is 13.5. The first-order chi connectivity index (χ1) is 15.3. The molecule has 0 saturated carbocycles. The molecule has 1 aliphatic heterocycles. The van der Waals surface area contributed by atoms with E-state index in [1.54, 1.807) is 0 Å². The van der Waals surface area contributed by atoms with Gasteiger partial charge in [-0.2, -0.15) is 0 Å². The molecule has 32 heavy (non-hydrogen) atoms. The first kappa shape index (κ1) is 23.6. The number of anilines is 1. The first-order valence-electron chi connectivity index (χ1n) is 11.2. The number of rotatable bonds is 8. The van der Waals surface area contributed by atoms with Crippen LogP contribution in [0.1, 0.15) is 49.8 Å². The van der Waals surface area contributed by atoms with Gasteiger partial charge in [0.2, 0.25) is 11.8 Å². The number of carbonyl (C=O) groups is 2. The fourth-order valence-corrected chi connectivity index (χ4v) is 4.10. The predicted octanol–water partition coefficient (Wildman–Crippen LogP) is 5.19. The zero-order chi connectivity index (χ0) is 23.3. The molecule has 2 aromatic rings. The van der Waals surface area contributed by atoms with Crippen molar-refractivity contribution in [1.82, 2.24) is 5.32 Å². The molecule has 6 heteroatoms. The Hall–Kier alpha value is -3.02. The number of carbonyl (C=O) groups excluding carboxylic acids is 2. The van der Waals surface area contributed by atoms with Crippen molar-refractivity contribution in [2.45, 2.75) is 46.5 Å². The zero-order valence-electron chi connectivity index (χ0n) is 18.9. The number of aryl methyl sites for hydroxylation is 2. The Kier molecular flexibility index (Phi) is 7.78. The molecule has 2 amide bonds. The van der Waals surface area contributed by atoms with Gasteiger partial charge in [-0.25, -0.2) is 8.78 Å². The molecule has 1 heterocycles. The van der Waals surface area contributed by atoms with Crippen LogP contribution in [0.15, 0.2) is 42.5 Å². The van der Waals surface area contributed by atoms with E-state index in [0.717, 1.165) is 25.0 Å². The second-order valence-corrected chi connectivity index (χ2v) is 8.11. The number of hydrogen-bond donors (Lipinski definition) is 1. The number of benzene rings is 2. The van der Waals surface area contributed by atoms with Gasteiger partial charge in [-0.1, -0.05) is 38.1 Å². The summed E-state index contributed by atoms with van der Waals surface area (Å²) in [4.78, 5) is 26.7. The summed E-state index contributed by atoms with van der Waals surface area (Å²) in [5.74, 6) is -3.50. The molecule has 1 saturated heterocycles. The van der Waals surface area contributed by atoms with Gasteiger partial charge in [0.25, 0.3) is 0 Å². The Balaban J connectivity index is 1.62. The van der Waals surface area contributed by atoms with Gasteiger partial charge in [0.05, 0.1) is 0 Å². The molecule has 1 atom stereocenters. The summed E-state index contributed by atoms with van der Waals surface area (Å²) in [5, 5.41) is 2.89. The molecule has 0 bridgehead atoms. The Labute approximate surface area is 188 Å². The molecular weight excluding hydrogens is 410 g/mol. The SMILES string of the molecule is CC/C=C(/CCNC(=O)C1CCN(c2ccc(F)c(F)c2)C1=O)c1cc(CC)ccc1C. The monoisotopic (exact) mass is 440 g/mol. The van der Waals surface area contributed by atoms with Crippen molar-refractivity contribution in [3.8, 4) is 0 Å². The fraction of sp³-hybridized carbons (Fsp3) is 0.385. The van der Waals surface area contributed by atoms with E-state index in [1.807, 2.05) is 0 Å². The van der Waals surface area contributed by atoms with Crippen molar-refractivity contribution < 1.29 is 18.4 Å². The van der Waals surface area contributed by atoms with Gasteiger partial charge in [-0.15, -0.1) is 0 Å². The van der Waals surface area contributed by atoms with E-state index in [-0.39, 0.29) is 17.5 Å². The van der Waals surface area contributed by atoms with Crippen LogP contribution in [0.2, 0.25) is 0 Å². The van der Waals surface area contributed by atoms with Crippen molar-refractivity contribution in [2.24, 2.45) is 5.92 Å². The molecule has 1 aliphatic rings. The number of amides is 2. The first-order valence-corrected chi connectivity index (χ1v) is 11.2. The number of halogens is 2. The maximum Gasteiger partial charge on any atom is 0.239 e. The molecule has 0 radical (unpaired) electrons. The number of allylic oxidation sites excluding steroid dienone is 1. The van der Waals surface area contributed by atoms with E-state index in [1.165, 1.54) is 33.2 Å². The maximum atomic E-state index is 13.5. The molecule has 170 valence electrons. The van der Waals surface area contributed by atoms with Crippen molar-refractivity contribution in [3.05, 3.63) is 70.8 Å². The van der Waals surface area contributed by atoms with Crippen LogP contribution in [0, 0.1) is 24.5 Å². The highest BCUT2D eigenvalue weighted by molar-refractivity contribution is 6.09. The van der Waals surface area contributed by atoms with Crippen LogP contribution in [0.5, 0.6) is 0 Å². The van der Waals surface area contributed by atoms with Gasteiger partial charge in [0.1, 0.15) is 5.92 Å². The molecule has 0 aromatic heterocycles. The predicted molar refractivity (Wildman–Crippen MR) is 123 cm³/mol. The minimum Gasteiger partial charge on any atom is -0.355 e. The molecule has 1 unspecified atom stereocenters. The normalized spacial score (nSPS) is 16.5. The summed E-state index contributed by atoms with van der Waals surface area (Å²) in [6, 6.07) is 9.80. The summed E-state index contributed by atoms with van der Waals surface area (Å²) in [5.41, 5.74) is 5.11. The molecule has 0 spiro atoms. The molecule has 4 nitrogen and oxygen atoms in total. The minimum atomic E-state index is -1.01. The highest BCUT2D eigenvalue weighted by Gasteiger charge is 2.37. The highest BCUT2D eigenvalue weighted by Crippen LogP contribution is 2.27. The average Bonchev–Trinajstić information content (AvgIpc) is 3.17. The van der Waals surface area contributed by atoms with Gasteiger partial charge in [-0.05, 0) is 67.0 Å². The van der Waals surface area contributed by atoms with E-state index in [4.69, 9.17) is 0 Å². The summed E-state index contributed by atoms with van der Waals surface area (Å²) in [6.45, 7) is 7.02. The lowest BCUT2D eigenvalue weighted by atomic mass is 9.94. The van der Waals surface area contributed by atoms with Crippen LogP contribution >= 0.6 is 0 Å². The van der Waals surface area contributed by atoms with Crippen LogP contribution in [0.25, 0.3) is 5.57 Å². The van der Waals surface area contributed by atoms with Crippen LogP contribution in [0.3, 0.4) is 0 Å². The van der Waals surface area contributed by atoms with Crippen LogP contribution in [-0.2, 0) is 16.0 Å². The quantitative estimate of drug-likeness (QED) is 0.575. The third-order valence-electron chi connectivity index (χ3n) is 5.94. The van der Waals surface area contributed by atoms with Gasteiger partial charge in [0, 0.05) is 24.8 Å². The Morgan fingerprint density at radius 2 is 1.94 bits per heavy atom. The lowest BCUT2D eigenvalue weighted by Crippen LogP contribution is -2.37. The Bertz CT molecular complexity index is 1030. The average molecular weight is 441 g/mol. The fourth-order valence-electron chi connectivity index (χ4n) is 4.10. The third-order valence-corrected chi connectivity index (χ3v) is 5.94. The van der Waals surface area contributed by atoms with E-state index < -0.39 is 17.6 Å². The van der Waals surface area contributed by atoms with Gasteiger partial charge in [0.15, 0.2) is 11.6 Å². The van der Waals surface area contributed by atoms with Crippen LogP contribution in [0.4, 0.5) is 14.5 Å². The largest absolute Gasteiger partial charge is 0.355 e. The van der Waals surface area contributed by atoms with Crippen molar-refractivity contribution in [1.29, 1.82) is 0 Å². The zero-order valence-corrected chi connectivity index (χ0v) is 18.9. The molecule has 2 aromatic carbocycles. The standard InChI is InChI=1S/C26H30F2N2O2/c1-4-6-19(22-15-18(5-2)8-7-17(22)3)11-13-29-25(31)21-12-14-30(26(21)32)20-9-10-23(27)24(28)16-20/h6-10,15-16,21H,4-5,11-14H2,1-3H3,(H,29,31)/b19-6-. The Morgan fingerprint density at radius 1 is 1.16 bits per heavy atom. The Morgan fingerprint density at radius 3 is 2.62 bits per heavy atom. The summed E-state index contributed by atoms with van der Waals surface area (Å²) in [7, 11) is 0. The highest BCUT2D eigenvalue weighted by atomic mass is 19.2. The summed E-state index contributed by atoms with van der Waals surface area (Å²) in [6.07, 6.45) is 5.05. The molecule has 1 N–H and O–H groups in total. The van der Waals surface area contributed by atoms with Gasteiger partial charge in [-0.3, -0.25) is 9.59 Å². The van der Waals surface area contributed by atoms with Crippen LogP contribution < -0.4 is 10.2 Å². The van der Waals surface area contributed by atoms with E-state index >= 15 is 0 Å². The van der Waals surface area contributed by atoms with Crippen molar-refractivity contribution >= 4 is 23.1 Å². The third kappa shape index (κ3) is 5.23. The van der Waals surface area contributed by atoms with Gasteiger partial charge >= 0.3 is 0 Å². The number of nitrogens with one attached hydrogen (secondary N) is 1. The van der Waals surface area contributed by atoms with Crippen molar-refractivity contribution in [3.63, 3.8) is 0 Å². The summed E-state index contributed by atoms with van der Waals surface area (Å²) < 4.78 is 26.7. The molecular formula is C26H30F2N2O2. The van der Waals surface area contributed by atoms with Crippen LogP contribution in [-0.4, -0.2) is 24.9 Å². The second kappa shape index (κ2) is 10.5. The van der Waals surface area contributed by atoms with E-state index in [0.29, 0.717) is 25.9 Å². The minimum absolute atomic E-state index is 0.267. The van der Waals surface area contributed by atoms with E-state index in [2.05, 4.69) is 50.4 Å². The van der Waals surface area contributed by atoms with E-state index in [9.17, 15) is 18.4 Å².